The van der Waals surface area contributed by atoms with Crippen molar-refractivity contribution < 1.29 is 14.3 Å². The summed E-state index contributed by atoms with van der Waals surface area (Å²) in [4.78, 5) is 35.5. The Bertz CT molecular complexity index is 1320. The Morgan fingerprint density at radius 3 is 2.68 bits per heavy atom. The number of esters is 1. The summed E-state index contributed by atoms with van der Waals surface area (Å²) >= 11 is 1.28. The highest BCUT2D eigenvalue weighted by Gasteiger charge is 2.33. The Kier molecular flexibility index (Phi) is 5.81. The van der Waals surface area contributed by atoms with E-state index in [2.05, 4.69) is 9.98 Å². The van der Waals surface area contributed by atoms with E-state index >= 15 is 0 Å². The van der Waals surface area contributed by atoms with Crippen LogP contribution in [-0.2, 0) is 9.53 Å². The summed E-state index contributed by atoms with van der Waals surface area (Å²) in [5.41, 5.74) is 2.26. The van der Waals surface area contributed by atoms with Gasteiger partial charge in [-0.3, -0.25) is 14.3 Å². The number of benzene rings is 1. The van der Waals surface area contributed by atoms with Crippen LogP contribution in [0.25, 0.3) is 6.08 Å². The summed E-state index contributed by atoms with van der Waals surface area (Å²) in [6.07, 6.45) is 5.15. The van der Waals surface area contributed by atoms with E-state index in [-0.39, 0.29) is 12.2 Å². The molecule has 1 aliphatic heterocycles. The second kappa shape index (κ2) is 8.69. The van der Waals surface area contributed by atoms with Crippen LogP contribution in [0, 0.1) is 0 Å². The fraction of sp³-hybridized carbons (Fsp3) is 0.217. The molecule has 0 saturated carbocycles. The lowest BCUT2D eigenvalue weighted by Gasteiger charge is -2.24. The van der Waals surface area contributed by atoms with E-state index in [1.807, 2.05) is 24.3 Å². The predicted molar refractivity (Wildman–Crippen MR) is 118 cm³/mol. The van der Waals surface area contributed by atoms with Crippen molar-refractivity contribution in [2.24, 2.45) is 4.99 Å². The minimum Gasteiger partial charge on any atom is -0.497 e. The Balaban J connectivity index is 1.95. The molecular formula is C23H21N3O4S. The summed E-state index contributed by atoms with van der Waals surface area (Å²) in [6, 6.07) is 10.3. The fourth-order valence-corrected chi connectivity index (χ4v) is 4.55. The third kappa shape index (κ3) is 3.94. The molecule has 0 saturated heterocycles. The maximum Gasteiger partial charge on any atom is 0.338 e. The number of nitrogens with zero attached hydrogens (tertiary/aromatic N) is 3. The minimum absolute atomic E-state index is 0.220. The number of pyridine rings is 1. The van der Waals surface area contributed by atoms with Crippen LogP contribution in [0.2, 0.25) is 0 Å². The van der Waals surface area contributed by atoms with Gasteiger partial charge in [-0.1, -0.05) is 29.5 Å². The molecule has 0 N–H and O–H groups in total. The van der Waals surface area contributed by atoms with E-state index in [4.69, 9.17) is 9.47 Å². The molecule has 1 aliphatic rings. The number of thiazole rings is 1. The summed E-state index contributed by atoms with van der Waals surface area (Å²) in [5, 5.41) is 0. The molecule has 0 radical (unpaired) electrons. The Hall–Kier alpha value is -3.52. The molecule has 2 aromatic heterocycles. The van der Waals surface area contributed by atoms with Gasteiger partial charge in [0.05, 0.1) is 35.6 Å². The van der Waals surface area contributed by atoms with Crippen molar-refractivity contribution in [3.63, 3.8) is 0 Å². The number of ether oxygens (including phenoxy) is 2. The normalized spacial score (nSPS) is 16.0. The lowest BCUT2D eigenvalue weighted by Crippen LogP contribution is -2.39. The number of hydrogen-bond donors (Lipinski definition) is 0. The molecule has 8 heteroatoms. The Morgan fingerprint density at radius 2 is 2.03 bits per heavy atom. The number of carbonyl (C=O) groups excluding carboxylic acids is 1. The molecule has 1 atom stereocenters. The molecule has 0 bridgehead atoms. The molecule has 3 heterocycles. The Morgan fingerprint density at radius 1 is 1.26 bits per heavy atom. The average molecular weight is 436 g/mol. The molecule has 1 aromatic carbocycles. The summed E-state index contributed by atoms with van der Waals surface area (Å²) in [6.45, 7) is 3.75. The summed E-state index contributed by atoms with van der Waals surface area (Å²) in [7, 11) is 1.59. The highest BCUT2D eigenvalue weighted by molar-refractivity contribution is 7.07. The first kappa shape index (κ1) is 20.7. The number of hydrogen-bond acceptors (Lipinski definition) is 7. The maximum atomic E-state index is 13.4. The van der Waals surface area contributed by atoms with Gasteiger partial charge in [-0.25, -0.2) is 9.79 Å². The fourth-order valence-electron chi connectivity index (χ4n) is 3.51. The zero-order chi connectivity index (χ0) is 22.0. The van der Waals surface area contributed by atoms with Crippen molar-refractivity contribution in [2.75, 3.05) is 13.7 Å². The molecule has 0 amide bonds. The van der Waals surface area contributed by atoms with Crippen molar-refractivity contribution in [3.05, 3.63) is 90.9 Å². The van der Waals surface area contributed by atoms with E-state index < -0.39 is 12.0 Å². The van der Waals surface area contributed by atoms with Gasteiger partial charge in [0.25, 0.3) is 5.56 Å². The van der Waals surface area contributed by atoms with Crippen molar-refractivity contribution in [3.8, 4) is 5.75 Å². The molecule has 7 nitrogen and oxygen atoms in total. The average Bonchev–Trinajstić information content (AvgIpc) is 3.08. The van der Waals surface area contributed by atoms with Gasteiger partial charge in [-0.15, -0.1) is 0 Å². The first-order valence-corrected chi connectivity index (χ1v) is 10.6. The lowest BCUT2D eigenvalue weighted by molar-refractivity contribution is -0.139. The van der Waals surface area contributed by atoms with Crippen molar-refractivity contribution >= 4 is 23.4 Å². The number of allylic oxidation sites excluding steroid dienone is 1. The van der Waals surface area contributed by atoms with Gasteiger partial charge in [0.2, 0.25) is 0 Å². The molecule has 0 fully saturated rings. The van der Waals surface area contributed by atoms with E-state index in [1.165, 1.54) is 11.3 Å². The monoisotopic (exact) mass is 435 g/mol. The zero-order valence-corrected chi connectivity index (χ0v) is 18.2. The van der Waals surface area contributed by atoms with Crippen LogP contribution < -0.4 is 19.6 Å². The SMILES string of the molecule is CCOC(=O)C1=C(C)N=c2sc(=Cc3cccnc3)c(=O)n2C1c1ccc(OC)cc1. The van der Waals surface area contributed by atoms with Gasteiger partial charge in [-0.05, 0) is 49.2 Å². The number of carbonyl (C=O) groups is 1. The predicted octanol–water partition coefficient (Wildman–Crippen LogP) is 2.20. The number of rotatable bonds is 5. The molecule has 0 aliphatic carbocycles. The molecule has 4 rings (SSSR count). The second-order valence-electron chi connectivity index (χ2n) is 6.86. The van der Waals surface area contributed by atoms with Gasteiger partial charge in [0.1, 0.15) is 5.75 Å². The van der Waals surface area contributed by atoms with E-state index in [1.54, 1.807) is 56.1 Å². The minimum atomic E-state index is -0.641. The van der Waals surface area contributed by atoms with Crippen LogP contribution in [0.3, 0.4) is 0 Å². The van der Waals surface area contributed by atoms with E-state index in [9.17, 15) is 9.59 Å². The second-order valence-corrected chi connectivity index (χ2v) is 7.87. The maximum absolute atomic E-state index is 13.4. The van der Waals surface area contributed by atoms with Crippen LogP contribution >= 0.6 is 11.3 Å². The lowest BCUT2D eigenvalue weighted by atomic mass is 9.96. The van der Waals surface area contributed by atoms with Gasteiger partial charge >= 0.3 is 5.97 Å². The quantitative estimate of drug-likeness (QED) is 0.574. The van der Waals surface area contributed by atoms with E-state index in [0.29, 0.717) is 26.4 Å². The number of fused-ring (bicyclic) bond motifs is 1. The van der Waals surface area contributed by atoms with E-state index in [0.717, 1.165) is 11.1 Å². The van der Waals surface area contributed by atoms with Gasteiger partial charge < -0.3 is 9.47 Å². The molecule has 1 unspecified atom stereocenters. The number of methoxy groups -OCH3 is 1. The standard InChI is InChI=1S/C23H21N3O4S/c1-4-30-22(28)19-14(2)25-23-26(20(19)16-7-9-17(29-3)10-8-16)21(27)18(31-23)12-15-6-5-11-24-13-15/h5-13,20H,4H2,1-3H3. The first-order chi connectivity index (χ1) is 15.0. The third-order valence-electron chi connectivity index (χ3n) is 4.93. The Labute approximate surface area is 182 Å². The van der Waals surface area contributed by atoms with Crippen molar-refractivity contribution in [1.82, 2.24) is 9.55 Å². The van der Waals surface area contributed by atoms with Crippen LogP contribution in [0.4, 0.5) is 0 Å². The molecule has 0 spiro atoms. The largest absolute Gasteiger partial charge is 0.497 e. The van der Waals surface area contributed by atoms with Crippen LogP contribution in [-0.4, -0.2) is 29.2 Å². The highest BCUT2D eigenvalue weighted by Crippen LogP contribution is 2.31. The summed E-state index contributed by atoms with van der Waals surface area (Å²) < 4.78 is 12.6. The van der Waals surface area contributed by atoms with Crippen LogP contribution in [0.1, 0.15) is 31.0 Å². The molecule has 158 valence electrons. The van der Waals surface area contributed by atoms with Crippen LogP contribution in [0.5, 0.6) is 5.75 Å². The zero-order valence-electron chi connectivity index (χ0n) is 17.4. The van der Waals surface area contributed by atoms with Gasteiger partial charge in [0, 0.05) is 12.4 Å². The third-order valence-corrected chi connectivity index (χ3v) is 5.91. The highest BCUT2D eigenvalue weighted by atomic mass is 32.1. The molecular weight excluding hydrogens is 414 g/mol. The van der Waals surface area contributed by atoms with Crippen molar-refractivity contribution in [1.29, 1.82) is 0 Å². The topological polar surface area (TPSA) is 82.8 Å². The molecule has 31 heavy (non-hydrogen) atoms. The smallest absolute Gasteiger partial charge is 0.338 e. The van der Waals surface area contributed by atoms with Gasteiger partial charge in [-0.2, -0.15) is 0 Å². The van der Waals surface area contributed by atoms with Crippen LogP contribution in [0.15, 0.2) is 69.8 Å². The molecule has 3 aromatic rings. The number of aromatic nitrogens is 2. The van der Waals surface area contributed by atoms with Gasteiger partial charge in [0.15, 0.2) is 4.80 Å². The summed E-state index contributed by atoms with van der Waals surface area (Å²) in [5.74, 6) is 0.206. The van der Waals surface area contributed by atoms with Crippen molar-refractivity contribution in [2.45, 2.75) is 19.9 Å². The first-order valence-electron chi connectivity index (χ1n) is 9.77.